The lowest BCUT2D eigenvalue weighted by Gasteiger charge is -2.04. The van der Waals surface area contributed by atoms with Crippen molar-refractivity contribution >= 4 is 0 Å². The van der Waals surface area contributed by atoms with Crippen molar-refractivity contribution in [3.8, 4) is 0 Å². The average molecular weight is 219 g/mol. The maximum absolute atomic E-state index is 12.0. The lowest BCUT2D eigenvalue weighted by Crippen LogP contribution is -2.48. The summed E-state index contributed by atoms with van der Waals surface area (Å²) < 4.78 is 71.4. The van der Waals surface area contributed by atoms with E-state index in [1.54, 1.807) is 0 Å². The third-order valence-electron chi connectivity index (χ3n) is 1.61. The predicted molar refractivity (Wildman–Crippen MR) is 32.0 cm³/mol. The van der Waals surface area contributed by atoms with Gasteiger partial charge in [-0.05, 0) is 0 Å². The van der Waals surface area contributed by atoms with Crippen LogP contribution in [0.15, 0.2) is 12.4 Å². The molecule has 0 atom stereocenters. The maximum Gasteiger partial charge on any atom is 0.567 e. The van der Waals surface area contributed by atoms with Gasteiger partial charge in [-0.25, -0.2) is 0 Å². The van der Waals surface area contributed by atoms with Gasteiger partial charge in [0.1, 0.15) is 12.4 Å². The van der Waals surface area contributed by atoms with Crippen LogP contribution in [0.3, 0.4) is 0 Å². The molecule has 0 bridgehead atoms. The smallest absolute Gasteiger partial charge is 0.140 e. The fraction of sp³-hybridized carbons (Fsp3) is 0.500. The highest BCUT2D eigenvalue weighted by atomic mass is 19.4. The van der Waals surface area contributed by atoms with Crippen molar-refractivity contribution in [1.29, 1.82) is 0 Å². The number of aromatic nitrogens is 2. The number of imidazole rings is 1. The zero-order valence-electron chi connectivity index (χ0n) is 6.82. The molecule has 0 aliphatic heterocycles. The molecule has 8 heteroatoms. The Morgan fingerprint density at radius 2 is 1.64 bits per heavy atom. The van der Waals surface area contributed by atoms with E-state index in [2.05, 4.69) is 0 Å². The van der Waals surface area contributed by atoms with Crippen molar-refractivity contribution in [3.05, 3.63) is 18.2 Å². The summed E-state index contributed by atoms with van der Waals surface area (Å²) >= 11 is 0. The predicted octanol–water partition coefficient (Wildman–Crippen LogP) is 2.04. The zero-order chi connectivity index (χ0) is 11.1. The number of rotatable bonds is 0. The average Bonchev–Trinajstić information content (AvgIpc) is 2.26. The third kappa shape index (κ3) is 1.83. The second-order valence-corrected chi connectivity index (χ2v) is 2.52. The van der Waals surface area contributed by atoms with E-state index in [4.69, 9.17) is 0 Å². The number of hydrogen-bond donors (Lipinski definition) is 0. The first kappa shape index (κ1) is 10.9. The summed E-state index contributed by atoms with van der Waals surface area (Å²) in [6.07, 6.45) is -9.02. The minimum absolute atomic E-state index is 0.322. The Kier molecular flexibility index (Phi) is 2.24. The monoisotopic (exact) mass is 219 g/mol. The van der Waals surface area contributed by atoms with Gasteiger partial charge in [-0.1, -0.05) is 0 Å². The first-order chi connectivity index (χ1) is 6.14. The van der Waals surface area contributed by atoms with Crippen LogP contribution in [0.1, 0.15) is 5.82 Å². The van der Waals surface area contributed by atoms with Gasteiger partial charge in [0.05, 0.1) is 0 Å². The summed E-state index contributed by atoms with van der Waals surface area (Å²) in [5.74, 6) is -0.940. The molecule has 0 radical (unpaired) electrons. The Bertz CT molecular complexity index is 302. The van der Waals surface area contributed by atoms with Gasteiger partial charge in [0.2, 0.25) is 0 Å². The van der Waals surface area contributed by atoms with E-state index in [0.717, 1.165) is 6.92 Å². The molecule has 0 N–H and O–H groups in total. The van der Waals surface area contributed by atoms with Crippen LogP contribution in [0.25, 0.3) is 0 Å². The van der Waals surface area contributed by atoms with Crippen LogP contribution in [0.5, 0.6) is 0 Å². The molecule has 0 saturated heterocycles. The zero-order valence-corrected chi connectivity index (χ0v) is 6.82. The largest absolute Gasteiger partial charge is 0.567 e. The minimum atomic E-state index is -4.83. The first-order valence-corrected chi connectivity index (χ1v) is 3.38. The number of nitrogens with zero attached hydrogens (tertiary/aromatic N) is 2. The lowest BCUT2D eigenvalue weighted by atomic mass is 10.6. The summed E-state index contributed by atoms with van der Waals surface area (Å²) in [5, 5.41) is 0. The quantitative estimate of drug-likeness (QED) is 0.466. The number of halogens is 6. The van der Waals surface area contributed by atoms with E-state index in [1.807, 2.05) is 0 Å². The standard InChI is InChI=1S/C6H5F6N2/c1-4-13(5(7,8)9)2-3-14(4)6(10,11)12/h2-3H,1H3/q+1. The van der Waals surface area contributed by atoms with Gasteiger partial charge in [0.15, 0.2) is 0 Å². The Labute approximate surface area is 74.4 Å². The molecule has 0 aliphatic rings. The van der Waals surface area contributed by atoms with Crippen LogP contribution in [-0.2, 0) is 12.6 Å². The van der Waals surface area contributed by atoms with Gasteiger partial charge in [-0.2, -0.15) is 0 Å². The molecule has 0 aliphatic carbocycles. The van der Waals surface area contributed by atoms with Crippen LogP contribution in [0.4, 0.5) is 26.3 Å². The highest BCUT2D eigenvalue weighted by Gasteiger charge is 2.46. The summed E-state index contributed by atoms with van der Waals surface area (Å²) in [6.45, 7) is 0.737. The van der Waals surface area contributed by atoms with Crippen molar-refractivity contribution in [1.82, 2.24) is 4.57 Å². The van der Waals surface area contributed by atoms with Gasteiger partial charge in [-0.3, -0.25) is 0 Å². The van der Waals surface area contributed by atoms with Crippen molar-refractivity contribution < 1.29 is 30.9 Å². The van der Waals surface area contributed by atoms with Crippen molar-refractivity contribution in [2.75, 3.05) is 0 Å². The van der Waals surface area contributed by atoms with Gasteiger partial charge >= 0.3 is 12.6 Å². The summed E-state index contributed by atoms with van der Waals surface area (Å²) in [7, 11) is 0. The van der Waals surface area contributed by atoms with Gasteiger partial charge in [0.25, 0.3) is 5.82 Å². The van der Waals surface area contributed by atoms with Crippen LogP contribution in [0, 0.1) is 6.92 Å². The molecule has 0 fully saturated rings. The molecule has 0 amide bonds. The third-order valence-corrected chi connectivity index (χ3v) is 1.61. The van der Waals surface area contributed by atoms with Crippen molar-refractivity contribution in [2.24, 2.45) is 0 Å². The normalized spacial score (nSPS) is 13.4. The van der Waals surface area contributed by atoms with Gasteiger partial charge in [0, 0.05) is 6.92 Å². The van der Waals surface area contributed by atoms with E-state index >= 15 is 0 Å². The fourth-order valence-corrected chi connectivity index (χ4v) is 1.00. The molecule has 1 heterocycles. The van der Waals surface area contributed by atoms with E-state index < -0.39 is 27.6 Å². The maximum atomic E-state index is 12.0. The Morgan fingerprint density at radius 1 is 1.14 bits per heavy atom. The Balaban J connectivity index is 3.23. The van der Waals surface area contributed by atoms with Crippen LogP contribution < -0.4 is 4.57 Å². The second kappa shape index (κ2) is 2.89. The number of alkyl halides is 6. The molecule has 0 aromatic carbocycles. The lowest BCUT2D eigenvalue weighted by molar-refractivity contribution is -0.858. The van der Waals surface area contributed by atoms with Gasteiger partial charge in [-0.15, -0.1) is 35.5 Å². The van der Waals surface area contributed by atoms with Crippen LogP contribution >= 0.6 is 0 Å². The van der Waals surface area contributed by atoms with Crippen LogP contribution in [-0.4, -0.2) is 4.57 Å². The molecule has 0 spiro atoms. The van der Waals surface area contributed by atoms with E-state index in [1.165, 1.54) is 0 Å². The molecular weight excluding hydrogens is 214 g/mol. The topological polar surface area (TPSA) is 8.81 Å². The molecule has 1 aromatic rings. The fourth-order valence-electron chi connectivity index (χ4n) is 1.00. The molecule has 0 saturated carbocycles. The Morgan fingerprint density at radius 3 is 1.86 bits per heavy atom. The highest BCUT2D eigenvalue weighted by molar-refractivity contribution is 4.82. The van der Waals surface area contributed by atoms with Crippen molar-refractivity contribution in [2.45, 2.75) is 19.5 Å². The molecule has 0 unspecified atom stereocenters. The van der Waals surface area contributed by atoms with E-state index in [-0.39, 0.29) is 0 Å². The molecular formula is C6H5F6N2+. The first-order valence-electron chi connectivity index (χ1n) is 3.38. The minimum Gasteiger partial charge on any atom is -0.140 e. The highest BCUT2D eigenvalue weighted by Crippen LogP contribution is 2.24. The van der Waals surface area contributed by atoms with Gasteiger partial charge < -0.3 is 0 Å². The molecule has 1 rings (SSSR count). The summed E-state index contributed by atoms with van der Waals surface area (Å²) in [4.78, 5) is 0. The SMILES string of the molecule is Cc1n(C(F)(F)F)cc[n+]1C(F)(F)F. The molecule has 80 valence electrons. The van der Waals surface area contributed by atoms with E-state index in [0.29, 0.717) is 12.4 Å². The van der Waals surface area contributed by atoms with Crippen LogP contribution in [0.2, 0.25) is 0 Å². The molecule has 14 heavy (non-hydrogen) atoms. The number of hydrogen-bond acceptors (Lipinski definition) is 0. The molecule has 2 nitrogen and oxygen atoms in total. The Hall–Kier alpha value is -1.21. The summed E-state index contributed by atoms with van der Waals surface area (Å²) in [6, 6.07) is 0. The van der Waals surface area contributed by atoms with E-state index in [9.17, 15) is 26.3 Å². The second-order valence-electron chi connectivity index (χ2n) is 2.52. The van der Waals surface area contributed by atoms with Crippen molar-refractivity contribution in [3.63, 3.8) is 0 Å². The summed E-state index contributed by atoms with van der Waals surface area (Å²) in [5.41, 5.74) is 0. The molecule has 1 aromatic heterocycles.